The van der Waals surface area contributed by atoms with Crippen molar-refractivity contribution in [3.8, 4) is 5.75 Å². The lowest BCUT2D eigenvalue weighted by Gasteiger charge is -2.22. The van der Waals surface area contributed by atoms with Gasteiger partial charge in [-0.25, -0.2) is 0 Å². The topological polar surface area (TPSA) is 58.6 Å². The molecule has 2 aromatic rings. The second kappa shape index (κ2) is 7.92. The number of benzene rings is 2. The van der Waals surface area contributed by atoms with E-state index in [0.717, 1.165) is 29.8 Å². The summed E-state index contributed by atoms with van der Waals surface area (Å²) in [6.45, 7) is 1.43. The summed E-state index contributed by atoms with van der Waals surface area (Å²) in [5.74, 6) is -1.39. The van der Waals surface area contributed by atoms with Crippen LogP contribution in [0.1, 0.15) is 18.1 Å². The molecule has 0 bridgehead atoms. The van der Waals surface area contributed by atoms with Crippen molar-refractivity contribution in [2.75, 3.05) is 18.1 Å². The van der Waals surface area contributed by atoms with E-state index in [4.69, 9.17) is 4.74 Å². The molecule has 0 saturated carbocycles. The highest BCUT2D eigenvalue weighted by molar-refractivity contribution is 6.00. The lowest BCUT2D eigenvalue weighted by atomic mass is 10.2. The molecule has 0 fully saturated rings. The number of nitrogens with one attached hydrogen (secondary N) is 1. The molecule has 28 heavy (non-hydrogen) atoms. The van der Waals surface area contributed by atoms with E-state index in [1.807, 2.05) is 24.3 Å². The fourth-order valence-electron chi connectivity index (χ4n) is 3.12. The molecule has 2 amide bonds. The molecular formula is C20H19F3N2O3. The van der Waals surface area contributed by atoms with Crippen molar-refractivity contribution in [2.24, 2.45) is 0 Å². The van der Waals surface area contributed by atoms with E-state index in [0.29, 0.717) is 6.54 Å². The van der Waals surface area contributed by atoms with E-state index in [1.54, 1.807) is 4.90 Å². The van der Waals surface area contributed by atoms with Gasteiger partial charge in [-0.15, -0.1) is 0 Å². The maximum Gasteiger partial charge on any atom is 0.419 e. The van der Waals surface area contributed by atoms with Crippen molar-refractivity contribution in [2.45, 2.75) is 25.6 Å². The molecule has 0 aromatic heterocycles. The number of hydrogen-bond donors (Lipinski definition) is 1. The lowest BCUT2D eigenvalue weighted by Crippen LogP contribution is -2.47. The van der Waals surface area contributed by atoms with Gasteiger partial charge in [-0.05, 0) is 37.1 Å². The van der Waals surface area contributed by atoms with Gasteiger partial charge in [0.2, 0.25) is 5.91 Å². The first-order valence-electron chi connectivity index (χ1n) is 8.75. The van der Waals surface area contributed by atoms with Crippen molar-refractivity contribution in [1.82, 2.24) is 5.32 Å². The van der Waals surface area contributed by atoms with Crippen molar-refractivity contribution in [3.05, 3.63) is 59.7 Å². The quantitative estimate of drug-likeness (QED) is 0.850. The van der Waals surface area contributed by atoms with Crippen LogP contribution in [0.4, 0.5) is 18.9 Å². The zero-order chi connectivity index (χ0) is 20.3. The smallest absolute Gasteiger partial charge is 0.419 e. The Morgan fingerprint density at radius 3 is 2.57 bits per heavy atom. The number of para-hydroxylation sites is 2. The van der Waals surface area contributed by atoms with E-state index in [-0.39, 0.29) is 5.91 Å². The highest BCUT2D eigenvalue weighted by Gasteiger charge is 2.34. The molecule has 148 valence electrons. The molecule has 1 atom stereocenters. The average molecular weight is 392 g/mol. The molecule has 3 rings (SSSR count). The maximum absolute atomic E-state index is 13.0. The van der Waals surface area contributed by atoms with Crippen LogP contribution in [0, 0.1) is 0 Å². The van der Waals surface area contributed by atoms with E-state index in [2.05, 4.69) is 5.32 Å². The Balaban J connectivity index is 1.58. The van der Waals surface area contributed by atoms with Gasteiger partial charge >= 0.3 is 6.18 Å². The predicted molar refractivity (Wildman–Crippen MR) is 97.0 cm³/mol. The van der Waals surface area contributed by atoms with Gasteiger partial charge in [-0.1, -0.05) is 30.3 Å². The fourth-order valence-corrected chi connectivity index (χ4v) is 3.12. The van der Waals surface area contributed by atoms with Crippen molar-refractivity contribution in [3.63, 3.8) is 0 Å². The van der Waals surface area contributed by atoms with Crippen LogP contribution >= 0.6 is 0 Å². The van der Waals surface area contributed by atoms with Gasteiger partial charge in [0, 0.05) is 12.2 Å². The van der Waals surface area contributed by atoms with Gasteiger partial charge < -0.3 is 15.0 Å². The molecule has 8 heteroatoms. The SMILES string of the molecule is CC(NC(=O)COc1ccccc1C(F)(F)F)C(=O)N1CCc2ccccc21. The van der Waals surface area contributed by atoms with E-state index < -0.39 is 36.0 Å². The second-order valence-electron chi connectivity index (χ2n) is 6.44. The van der Waals surface area contributed by atoms with Crippen LogP contribution in [-0.2, 0) is 22.2 Å². The molecule has 1 unspecified atom stereocenters. The Kier molecular flexibility index (Phi) is 5.58. The van der Waals surface area contributed by atoms with Gasteiger partial charge in [0.25, 0.3) is 5.91 Å². The summed E-state index contributed by atoms with van der Waals surface area (Å²) in [6.07, 6.45) is -3.85. The summed E-state index contributed by atoms with van der Waals surface area (Å²) < 4.78 is 43.9. The monoisotopic (exact) mass is 392 g/mol. The second-order valence-corrected chi connectivity index (χ2v) is 6.44. The number of amides is 2. The third-order valence-electron chi connectivity index (χ3n) is 4.45. The number of nitrogens with zero attached hydrogens (tertiary/aromatic N) is 1. The van der Waals surface area contributed by atoms with Crippen LogP contribution in [0.2, 0.25) is 0 Å². The first kappa shape index (κ1) is 19.7. The maximum atomic E-state index is 13.0. The molecule has 1 heterocycles. The van der Waals surface area contributed by atoms with E-state index in [1.165, 1.54) is 19.1 Å². The van der Waals surface area contributed by atoms with E-state index in [9.17, 15) is 22.8 Å². The normalized spacial score (nSPS) is 14.4. The Bertz CT molecular complexity index is 883. The van der Waals surface area contributed by atoms with Crippen LogP contribution in [0.25, 0.3) is 0 Å². The highest BCUT2D eigenvalue weighted by atomic mass is 19.4. The number of ether oxygens (including phenoxy) is 1. The summed E-state index contributed by atoms with van der Waals surface area (Å²) in [5.41, 5.74) is 0.908. The molecule has 2 aromatic carbocycles. The van der Waals surface area contributed by atoms with Crippen molar-refractivity contribution in [1.29, 1.82) is 0 Å². The average Bonchev–Trinajstić information content (AvgIpc) is 3.09. The van der Waals surface area contributed by atoms with Gasteiger partial charge in [0.15, 0.2) is 6.61 Å². The number of hydrogen-bond acceptors (Lipinski definition) is 3. The first-order chi connectivity index (χ1) is 13.3. The van der Waals surface area contributed by atoms with Gasteiger partial charge in [0.05, 0.1) is 5.56 Å². The number of rotatable bonds is 5. The number of halogens is 3. The number of alkyl halides is 3. The number of carbonyl (C=O) groups is 2. The highest BCUT2D eigenvalue weighted by Crippen LogP contribution is 2.35. The number of anilines is 1. The first-order valence-corrected chi connectivity index (χ1v) is 8.75. The summed E-state index contributed by atoms with van der Waals surface area (Å²) in [6, 6.07) is 11.3. The third kappa shape index (κ3) is 4.27. The van der Waals surface area contributed by atoms with Crippen LogP contribution in [0.3, 0.4) is 0 Å². The van der Waals surface area contributed by atoms with Crippen LogP contribution in [0.15, 0.2) is 48.5 Å². The molecule has 0 spiro atoms. The molecular weight excluding hydrogens is 373 g/mol. The Labute approximate surface area is 160 Å². The van der Waals surface area contributed by atoms with Gasteiger partial charge in [-0.3, -0.25) is 9.59 Å². The van der Waals surface area contributed by atoms with Crippen LogP contribution in [0.5, 0.6) is 5.75 Å². The predicted octanol–water partition coefficient (Wildman–Crippen LogP) is 3.18. The molecule has 1 aliphatic rings. The largest absolute Gasteiger partial charge is 0.483 e. The fraction of sp³-hybridized carbons (Fsp3) is 0.300. The third-order valence-corrected chi connectivity index (χ3v) is 4.45. The minimum absolute atomic E-state index is 0.283. The van der Waals surface area contributed by atoms with Crippen molar-refractivity contribution < 1.29 is 27.5 Å². The number of fused-ring (bicyclic) bond motifs is 1. The molecule has 0 saturated heterocycles. The molecule has 1 N–H and O–H groups in total. The van der Waals surface area contributed by atoms with Gasteiger partial charge in [-0.2, -0.15) is 13.2 Å². The molecule has 5 nitrogen and oxygen atoms in total. The standard InChI is InChI=1S/C20H19F3N2O3/c1-13(19(27)25-11-10-14-6-2-4-8-16(14)25)24-18(26)12-28-17-9-5-3-7-15(17)20(21,22)23/h2-9,13H,10-12H2,1H3,(H,24,26). The zero-order valence-corrected chi connectivity index (χ0v) is 15.1. The summed E-state index contributed by atoms with van der Waals surface area (Å²) >= 11 is 0. The van der Waals surface area contributed by atoms with Crippen molar-refractivity contribution >= 4 is 17.5 Å². The molecule has 0 aliphatic carbocycles. The zero-order valence-electron chi connectivity index (χ0n) is 15.1. The minimum Gasteiger partial charge on any atom is -0.483 e. The summed E-state index contributed by atoms with van der Waals surface area (Å²) in [7, 11) is 0. The number of carbonyl (C=O) groups excluding carboxylic acids is 2. The Hall–Kier alpha value is -3.03. The molecule has 1 aliphatic heterocycles. The summed E-state index contributed by atoms with van der Waals surface area (Å²) in [4.78, 5) is 26.3. The molecule has 0 radical (unpaired) electrons. The lowest BCUT2D eigenvalue weighted by molar-refractivity contribution is -0.139. The minimum atomic E-state index is -4.58. The van der Waals surface area contributed by atoms with Gasteiger partial charge in [0.1, 0.15) is 11.8 Å². The Morgan fingerprint density at radius 2 is 1.82 bits per heavy atom. The Morgan fingerprint density at radius 1 is 1.14 bits per heavy atom. The van der Waals surface area contributed by atoms with Crippen LogP contribution in [-0.4, -0.2) is 31.0 Å². The van der Waals surface area contributed by atoms with E-state index >= 15 is 0 Å². The summed E-state index contributed by atoms with van der Waals surface area (Å²) in [5, 5.41) is 2.48. The van der Waals surface area contributed by atoms with Crippen LogP contribution < -0.4 is 15.0 Å².